The SMILES string of the molecule is COc1ccc(-c2nc3n(n2)C(=O)CC(c2ccc(C)cc2)S3)cc1. The van der Waals surface area contributed by atoms with Crippen molar-refractivity contribution in [1.82, 2.24) is 14.8 Å². The number of aryl methyl sites for hydroxylation is 1. The molecule has 1 unspecified atom stereocenters. The number of rotatable bonds is 3. The van der Waals surface area contributed by atoms with Crippen molar-refractivity contribution in [3.63, 3.8) is 0 Å². The fourth-order valence-electron chi connectivity index (χ4n) is 2.78. The van der Waals surface area contributed by atoms with E-state index in [0.29, 0.717) is 17.4 Å². The largest absolute Gasteiger partial charge is 0.497 e. The minimum Gasteiger partial charge on any atom is -0.497 e. The Hall–Kier alpha value is -2.60. The fourth-order valence-corrected chi connectivity index (χ4v) is 3.94. The maximum atomic E-state index is 12.5. The monoisotopic (exact) mass is 351 g/mol. The average molecular weight is 351 g/mol. The van der Waals surface area contributed by atoms with Crippen molar-refractivity contribution in [2.75, 3.05) is 7.11 Å². The fraction of sp³-hybridized carbons (Fsp3) is 0.211. The normalized spacial score (nSPS) is 16.6. The molecule has 1 atom stereocenters. The van der Waals surface area contributed by atoms with Gasteiger partial charge in [0.15, 0.2) is 11.0 Å². The van der Waals surface area contributed by atoms with Crippen LogP contribution in [-0.4, -0.2) is 27.8 Å². The van der Waals surface area contributed by atoms with Gasteiger partial charge in [-0.15, -0.1) is 5.10 Å². The molecule has 0 saturated heterocycles. The number of benzene rings is 2. The van der Waals surface area contributed by atoms with Crippen molar-refractivity contribution in [1.29, 1.82) is 0 Å². The van der Waals surface area contributed by atoms with Gasteiger partial charge in [-0.2, -0.15) is 4.68 Å². The molecule has 0 aliphatic carbocycles. The molecular weight excluding hydrogens is 334 g/mol. The molecular formula is C19H17N3O2S. The number of hydrogen-bond donors (Lipinski definition) is 0. The molecule has 0 fully saturated rings. The van der Waals surface area contributed by atoms with Crippen molar-refractivity contribution < 1.29 is 9.53 Å². The predicted octanol–water partition coefficient (Wildman–Crippen LogP) is 4.14. The molecule has 5 nitrogen and oxygen atoms in total. The lowest BCUT2D eigenvalue weighted by molar-refractivity contribution is 0.0868. The van der Waals surface area contributed by atoms with Crippen molar-refractivity contribution in [2.24, 2.45) is 0 Å². The van der Waals surface area contributed by atoms with Gasteiger partial charge >= 0.3 is 0 Å². The molecule has 126 valence electrons. The van der Waals surface area contributed by atoms with Crippen LogP contribution in [0.15, 0.2) is 53.7 Å². The number of aromatic nitrogens is 3. The summed E-state index contributed by atoms with van der Waals surface area (Å²) in [6.07, 6.45) is 0.423. The van der Waals surface area contributed by atoms with Gasteiger partial charge in [-0.3, -0.25) is 4.79 Å². The maximum absolute atomic E-state index is 12.5. The lowest BCUT2D eigenvalue weighted by Gasteiger charge is -2.20. The lowest BCUT2D eigenvalue weighted by Crippen LogP contribution is -2.20. The maximum Gasteiger partial charge on any atom is 0.250 e. The first kappa shape index (κ1) is 15.9. The van der Waals surface area contributed by atoms with Crippen molar-refractivity contribution in [2.45, 2.75) is 23.8 Å². The zero-order valence-electron chi connectivity index (χ0n) is 14.0. The van der Waals surface area contributed by atoms with Gasteiger partial charge in [-0.25, -0.2) is 4.98 Å². The van der Waals surface area contributed by atoms with E-state index in [1.807, 2.05) is 24.3 Å². The van der Waals surface area contributed by atoms with Crippen LogP contribution in [0.5, 0.6) is 5.75 Å². The van der Waals surface area contributed by atoms with Crippen LogP contribution >= 0.6 is 11.8 Å². The molecule has 1 aliphatic rings. The van der Waals surface area contributed by atoms with E-state index in [2.05, 4.69) is 41.3 Å². The second-order valence-corrected chi connectivity index (χ2v) is 7.14. The highest BCUT2D eigenvalue weighted by Crippen LogP contribution is 2.41. The summed E-state index contributed by atoms with van der Waals surface area (Å²) in [5.41, 5.74) is 3.22. The van der Waals surface area contributed by atoms with E-state index in [0.717, 1.165) is 16.9 Å². The first-order chi connectivity index (χ1) is 12.1. The standard InChI is InChI=1S/C19H17N3O2S/c1-12-3-5-13(6-4-12)16-11-17(23)22-19(25-16)20-18(21-22)14-7-9-15(24-2)10-8-14/h3-10,16H,11H2,1-2H3. The molecule has 1 aliphatic heterocycles. The molecule has 1 aromatic heterocycles. The van der Waals surface area contributed by atoms with Crippen molar-refractivity contribution in [3.8, 4) is 17.1 Å². The van der Waals surface area contributed by atoms with E-state index in [-0.39, 0.29) is 11.2 Å². The van der Waals surface area contributed by atoms with Gasteiger partial charge in [0.25, 0.3) is 5.91 Å². The molecule has 25 heavy (non-hydrogen) atoms. The van der Waals surface area contributed by atoms with Crippen LogP contribution in [0.3, 0.4) is 0 Å². The number of fused-ring (bicyclic) bond motifs is 1. The quantitative estimate of drug-likeness (QED) is 0.710. The molecule has 0 amide bonds. The Kier molecular flexibility index (Phi) is 4.05. The number of ether oxygens (including phenoxy) is 1. The Morgan fingerprint density at radius 3 is 2.52 bits per heavy atom. The Morgan fingerprint density at radius 1 is 1.12 bits per heavy atom. The van der Waals surface area contributed by atoms with Crippen LogP contribution in [-0.2, 0) is 0 Å². The van der Waals surface area contributed by atoms with Gasteiger partial charge < -0.3 is 4.74 Å². The van der Waals surface area contributed by atoms with E-state index in [1.54, 1.807) is 18.9 Å². The molecule has 4 rings (SSSR count). The number of nitrogens with zero attached hydrogens (tertiary/aromatic N) is 3. The minimum atomic E-state index is -0.0217. The molecule has 6 heteroatoms. The van der Waals surface area contributed by atoms with E-state index in [4.69, 9.17) is 4.74 Å². The van der Waals surface area contributed by atoms with Crippen molar-refractivity contribution >= 4 is 17.7 Å². The number of hydrogen-bond acceptors (Lipinski definition) is 5. The summed E-state index contributed by atoms with van der Waals surface area (Å²) in [6.45, 7) is 2.06. The summed E-state index contributed by atoms with van der Waals surface area (Å²) in [6, 6.07) is 15.8. The number of carbonyl (C=O) groups excluding carboxylic acids is 1. The van der Waals surface area contributed by atoms with E-state index >= 15 is 0 Å². The third-order valence-corrected chi connectivity index (χ3v) is 5.42. The molecule has 0 N–H and O–H groups in total. The van der Waals surface area contributed by atoms with Gasteiger partial charge in [0.1, 0.15) is 5.75 Å². The second-order valence-electron chi connectivity index (χ2n) is 5.97. The van der Waals surface area contributed by atoms with Crippen molar-refractivity contribution in [3.05, 3.63) is 59.7 Å². The number of methoxy groups -OCH3 is 1. The molecule has 0 radical (unpaired) electrons. The van der Waals surface area contributed by atoms with Gasteiger partial charge in [0.05, 0.1) is 7.11 Å². The van der Waals surface area contributed by atoms with E-state index in [9.17, 15) is 4.79 Å². The highest BCUT2D eigenvalue weighted by atomic mass is 32.2. The molecule has 3 aromatic rings. The zero-order valence-corrected chi connectivity index (χ0v) is 14.8. The Balaban J connectivity index is 1.64. The van der Waals surface area contributed by atoms with Crippen LogP contribution in [0.25, 0.3) is 11.4 Å². The van der Waals surface area contributed by atoms with Crippen LogP contribution in [0.1, 0.15) is 27.6 Å². The molecule has 0 spiro atoms. The summed E-state index contributed by atoms with van der Waals surface area (Å²) in [5, 5.41) is 5.12. The summed E-state index contributed by atoms with van der Waals surface area (Å²) < 4.78 is 6.60. The molecule has 0 saturated carbocycles. The average Bonchev–Trinajstić information content (AvgIpc) is 3.07. The smallest absolute Gasteiger partial charge is 0.250 e. The summed E-state index contributed by atoms with van der Waals surface area (Å²) in [5.74, 6) is 1.31. The number of thioether (sulfide) groups is 1. The third-order valence-electron chi connectivity index (χ3n) is 4.22. The van der Waals surface area contributed by atoms with Crippen LogP contribution in [0.4, 0.5) is 0 Å². The predicted molar refractivity (Wildman–Crippen MR) is 97.0 cm³/mol. The van der Waals surface area contributed by atoms with Gasteiger partial charge in [0, 0.05) is 17.2 Å². The highest BCUT2D eigenvalue weighted by molar-refractivity contribution is 7.99. The van der Waals surface area contributed by atoms with Gasteiger partial charge in [-0.05, 0) is 36.8 Å². The topological polar surface area (TPSA) is 57.0 Å². The first-order valence-electron chi connectivity index (χ1n) is 8.02. The van der Waals surface area contributed by atoms with Gasteiger partial charge in [-0.1, -0.05) is 41.6 Å². The lowest BCUT2D eigenvalue weighted by atomic mass is 10.1. The molecule has 2 aromatic carbocycles. The summed E-state index contributed by atoms with van der Waals surface area (Å²) >= 11 is 1.59. The summed E-state index contributed by atoms with van der Waals surface area (Å²) in [4.78, 5) is 17.1. The van der Waals surface area contributed by atoms with E-state index < -0.39 is 0 Å². The Morgan fingerprint density at radius 2 is 1.84 bits per heavy atom. The summed E-state index contributed by atoms with van der Waals surface area (Å²) in [7, 11) is 1.63. The molecule has 0 bridgehead atoms. The highest BCUT2D eigenvalue weighted by Gasteiger charge is 2.30. The first-order valence-corrected chi connectivity index (χ1v) is 8.90. The minimum absolute atomic E-state index is 0.0217. The zero-order chi connectivity index (χ0) is 17.4. The van der Waals surface area contributed by atoms with Gasteiger partial charge in [0.2, 0.25) is 0 Å². The van der Waals surface area contributed by atoms with E-state index in [1.165, 1.54) is 10.2 Å². The second kappa shape index (κ2) is 6.37. The van der Waals surface area contributed by atoms with Crippen LogP contribution in [0.2, 0.25) is 0 Å². The Bertz CT molecular complexity index is 917. The van der Waals surface area contributed by atoms with Crippen LogP contribution < -0.4 is 4.74 Å². The van der Waals surface area contributed by atoms with Crippen LogP contribution in [0, 0.1) is 6.92 Å². The number of carbonyl (C=O) groups is 1. The molecule has 2 heterocycles. The third kappa shape index (κ3) is 3.05. The Labute approximate surface area is 150 Å².